The number of aromatic nitrogens is 2. The minimum absolute atomic E-state index is 0.0653. The van der Waals surface area contributed by atoms with Gasteiger partial charge in [0.2, 0.25) is 11.9 Å². The highest BCUT2D eigenvalue weighted by atomic mass is 19.1. The van der Waals surface area contributed by atoms with Gasteiger partial charge < -0.3 is 25.6 Å². The van der Waals surface area contributed by atoms with Crippen molar-refractivity contribution in [2.45, 2.75) is 18.9 Å². The molecule has 0 saturated carbocycles. The van der Waals surface area contributed by atoms with Crippen LogP contribution in [-0.2, 0) is 16.0 Å². The van der Waals surface area contributed by atoms with Crippen LogP contribution in [0, 0.1) is 5.82 Å². The summed E-state index contributed by atoms with van der Waals surface area (Å²) >= 11 is 0. The van der Waals surface area contributed by atoms with E-state index in [0.29, 0.717) is 13.1 Å². The molecule has 4 rings (SSSR count). The standard InChI is InChI=1S/C18H19FN6O2/c19-14-8-21-18(24-17(14)25-6-5-20-16(27)9-25)23-12-3-4-15-11(7-12)1-2-13(10-26)22-15/h3-4,7-8,10,13,22H,1-2,5-6,9H2,(H,20,27)(H,21,23,24). The molecule has 9 heteroatoms. The average Bonchev–Trinajstić information content (AvgIpc) is 2.69. The Morgan fingerprint density at radius 1 is 1.37 bits per heavy atom. The number of halogens is 1. The first-order valence-corrected chi connectivity index (χ1v) is 8.78. The highest BCUT2D eigenvalue weighted by Gasteiger charge is 2.22. The maximum atomic E-state index is 14.2. The lowest BCUT2D eigenvalue weighted by atomic mass is 9.98. The third-order valence-corrected chi connectivity index (χ3v) is 4.65. The number of carbonyl (C=O) groups is 2. The van der Waals surface area contributed by atoms with Gasteiger partial charge in [-0.15, -0.1) is 0 Å². The summed E-state index contributed by atoms with van der Waals surface area (Å²) in [5.41, 5.74) is 2.80. The molecular formula is C18H19FN6O2. The van der Waals surface area contributed by atoms with Crippen LogP contribution < -0.4 is 20.9 Å². The number of nitrogens with zero attached hydrogens (tertiary/aromatic N) is 3. The second-order valence-corrected chi connectivity index (χ2v) is 6.56. The van der Waals surface area contributed by atoms with Crippen LogP contribution >= 0.6 is 0 Å². The molecule has 1 saturated heterocycles. The Kier molecular flexibility index (Phi) is 4.57. The van der Waals surface area contributed by atoms with E-state index in [0.717, 1.165) is 42.3 Å². The van der Waals surface area contributed by atoms with Crippen LogP contribution in [0.15, 0.2) is 24.4 Å². The summed E-state index contributed by atoms with van der Waals surface area (Å²) in [7, 11) is 0. The molecule has 0 spiro atoms. The van der Waals surface area contributed by atoms with Gasteiger partial charge in [-0.1, -0.05) is 0 Å². The van der Waals surface area contributed by atoms with Crippen LogP contribution in [0.1, 0.15) is 12.0 Å². The van der Waals surface area contributed by atoms with E-state index in [4.69, 9.17) is 0 Å². The van der Waals surface area contributed by atoms with Crippen LogP contribution in [0.2, 0.25) is 0 Å². The maximum absolute atomic E-state index is 14.2. The highest BCUT2D eigenvalue weighted by Crippen LogP contribution is 2.28. The minimum atomic E-state index is -0.565. The lowest BCUT2D eigenvalue weighted by Crippen LogP contribution is -2.48. The second kappa shape index (κ2) is 7.18. The summed E-state index contributed by atoms with van der Waals surface area (Å²) in [6.45, 7) is 1.00. The normalized spacial score (nSPS) is 18.9. The van der Waals surface area contributed by atoms with Crippen molar-refractivity contribution in [2.75, 3.05) is 35.2 Å². The average molecular weight is 370 g/mol. The molecule has 3 N–H and O–H groups in total. The topological polar surface area (TPSA) is 99.3 Å². The Morgan fingerprint density at radius 2 is 2.26 bits per heavy atom. The highest BCUT2D eigenvalue weighted by molar-refractivity contribution is 5.82. The SMILES string of the molecule is O=CC1CCc2cc(Nc3ncc(F)c(N4CCNC(=O)C4)n3)ccc2N1. The van der Waals surface area contributed by atoms with E-state index in [2.05, 4.69) is 25.9 Å². The fourth-order valence-electron chi connectivity index (χ4n) is 3.29. The largest absolute Gasteiger partial charge is 0.375 e. The van der Waals surface area contributed by atoms with E-state index in [1.807, 2.05) is 18.2 Å². The summed E-state index contributed by atoms with van der Waals surface area (Å²) in [6.07, 6.45) is 3.56. The van der Waals surface area contributed by atoms with E-state index >= 15 is 0 Å². The van der Waals surface area contributed by atoms with Crippen molar-refractivity contribution in [3.63, 3.8) is 0 Å². The molecule has 1 unspecified atom stereocenters. The number of rotatable bonds is 4. The third-order valence-electron chi connectivity index (χ3n) is 4.65. The number of carbonyl (C=O) groups excluding carboxylic acids is 2. The summed E-state index contributed by atoms with van der Waals surface area (Å²) in [4.78, 5) is 32.3. The summed E-state index contributed by atoms with van der Waals surface area (Å²) < 4.78 is 14.2. The number of piperazine rings is 1. The quantitative estimate of drug-likeness (QED) is 0.696. The first-order chi connectivity index (χ1) is 13.1. The molecule has 1 fully saturated rings. The first-order valence-electron chi connectivity index (χ1n) is 8.78. The van der Waals surface area contributed by atoms with E-state index < -0.39 is 5.82 Å². The number of hydrogen-bond acceptors (Lipinski definition) is 7. The zero-order valence-corrected chi connectivity index (χ0v) is 14.5. The molecule has 1 atom stereocenters. The Balaban J connectivity index is 1.54. The second-order valence-electron chi connectivity index (χ2n) is 6.56. The van der Waals surface area contributed by atoms with Gasteiger partial charge in [-0.3, -0.25) is 4.79 Å². The first kappa shape index (κ1) is 17.2. The van der Waals surface area contributed by atoms with Gasteiger partial charge in [0.05, 0.1) is 18.8 Å². The van der Waals surface area contributed by atoms with Gasteiger partial charge >= 0.3 is 0 Å². The number of fused-ring (bicyclic) bond motifs is 1. The number of aldehydes is 1. The lowest BCUT2D eigenvalue weighted by molar-refractivity contribution is -0.120. The van der Waals surface area contributed by atoms with Crippen molar-refractivity contribution in [2.24, 2.45) is 0 Å². The Bertz CT molecular complexity index is 890. The van der Waals surface area contributed by atoms with Gasteiger partial charge in [0.25, 0.3) is 0 Å². The van der Waals surface area contributed by atoms with Crippen molar-refractivity contribution in [1.29, 1.82) is 0 Å². The van der Waals surface area contributed by atoms with E-state index in [9.17, 15) is 14.0 Å². The van der Waals surface area contributed by atoms with Crippen molar-refractivity contribution in [3.05, 3.63) is 35.8 Å². The van der Waals surface area contributed by atoms with Gasteiger partial charge in [-0.25, -0.2) is 9.37 Å². The maximum Gasteiger partial charge on any atom is 0.239 e. The van der Waals surface area contributed by atoms with Gasteiger partial charge in [-0.05, 0) is 36.6 Å². The summed E-state index contributed by atoms with van der Waals surface area (Å²) in [5.74, 6) is -0.364. The molecule has 1 amide bonds. The van der Waals surface area contributed by atoms with Gasteiger partial charge in [0.15, 0.2) is 11.6 Å². The lowest BCUT2D eigenvalue weighted by Gasteiger charge is -2.28. The molecular weight excluding hydrogens is 351 g/mol. The summed E-state index contributed by atoms with van der Waals surface area (Å²) in [6, 6.07) is 5.55. The number of nitrogens with one attached hydrogen (secondary N) is 3. The minimum Gasteiger partial charge on any atom is -0.375 e. The molecule has 27 heavy (non-hydrogen) atoms. The molecule has 1 aromatic carbocycles. The van der Waals surface area contributed by atoms with Gasteiger partial charge in [0, 0.05) is 24.5 Å². The van der Waals surface area contributed by atoms with Crippen LogP contribution in [0.3, 0.4) is 0 Å². The molecule has 0 aliphatic carbocycles. The van der Waals surface area contributed by atoms with Crippen LogP contribution in [0.5, 0.6) is 0 Å². The zero-order chi connectivity index (χ0) is 18.8. The number of benzene rings is 1. The van der Waals surface area contributed by atoms with Crippen LogP contribution in [0.25, 0.3) is 0 Å². The predicted molar refractivity (Wildman–Crippen MR) is 98.7 cm³/mol. The van der Waals surface area contributed by atoms with Crippen LogP contribution in [-0.4, -0.2) is 47.8 Å². The molecule has 140 valence electrons. The molecule has 3 heterocycles. The number of aryl methyl sites for hydroxylation is 1. The molecule has 2 aromatic rings. The van der Waals surface area contributed by atoms with Crippen LogP contribution in [0.4, 0.5) is 27.5 Å². The Hall–Kier alpha value is -3.23. The number of hydrogen-bond donors (Lipinski definition) is 3. The van der Waals surface area contributed by atoms with E-state index in [1.165, 1.54) is 0 Å². The van der Waals surface area contributed by atoms with Gasteiger partial charge in [0.1, 0.15) is 6.29 Å². The smallest absolute Gasteiger partial charge is 0.239 e. The van der Waals surface area contributed by atoms with Crippen molar-refractivity contribution < 1.29 is 14.0 Å². The molecule has 2 aliphatic rings. The molecule has 0 radical (unpaired) electrons. The zero-order valence-electron chi connectivity index (χ0n) is 14.5. The van der Waals surface area contributed by atoms with Gasteiger partial charge in [-0.2, -0.15) is 4.98 Å². The third kappa shape index (κ3) is 3.67. The predicted octanol–water partition coefficient (Wildman–Crippen LogP) is 1.22. The molecule has 1 aromatic heterocycles. The van der Waals surface area contributed by atoms with E-state index in [1.54, 1.807) is 4.90 Å². The number of anilines is 4. The van der Waals surface area contributed by atoms with Crippen molar-refractivity contribution >= 4 is 35.3 Å². The number of amides is 1. The molecule has 0 bridgehead atoms. The fraction of sp³-hybridized carbons (Fsp3) is 0.333. The monoisotopic (exact) mass is 370 g/mol. The fourth-order valence-corrected chi connectivity index (χ4v) is 3.29. The Morgan fingerprint density at radius 3 is 3.07 bits per heavy atom. The summed E-state index contributed by atoms with van der Waals surface area (Å²) in [5, 5.41) is 8.97. The van der Waals surface area contributed by atoms with Crippen molar-refractivity contribution in [1.82, 2.24) is 15.3 Å². The van der Waals surface area contributed by atoms with E-state index in [-0.39, 0.29) is 30.3 Å². The molecule has 2 aliphatic heterocycles. The molecule has 8 nitrogen and oxygen atoms in total. The Labute approximate surface area is 155 Å². The van der Waals surface area contributed by atoms with Crippen molar-refractivity contribution in [3.8, 4) is 0 Å².